The lowest BCUT2D eigenvalue weighted by molar-refractivity contribution is -0.134. The first kappa shape index (κ1) is 22.8. The number of amides is 2. The Kier molecular flexibility index (Phi) is 6.28. The van der Waals surface area contributed by atoms with Crippen molar-refractivity contribution in [3.05, 3.63) is 62.6 Å². The van der Waals surface area contributed by atoms with Crippen molar-refractivity contribution < 1.29 is 22.4 Å². The quantitative estimate of drug-likeness (QED) is 0.574. The van der Waals surface area contributed by atoms with Crippen molar-refractivity contribution in [1.82, 2.24) is 15.1 Å². The van der Waals surface area contributed by atoms with Crippen molar-refractivity contribution >= 4 is 40.4 Å². The topological polar surface area (TPSA) is 47.9 Å². The molecule has 1 aromatic heterocycles. The van der Waals surface area contributed by atoms with E-state index in [2.05, 4.69) is 10.3 Å². The number of benzene rings is 1. The molecule has 2 aliphatic heterocycles. The lowest BCUT2D eigenvalue weighted by atomic mass is 9.99. The van der Waals surface area contributed by atoms with Crippen molar-refractivity contribution in [3.63, 3.8) is 0 Å². The van der Waals surface area contributed by atoms with E-state index in [4.69, 9.17) is 11.6 Å². The predicted molar refractivity (Wildman–Crippen MR) is 116 cm³/mol. The Morgan fingerprint density at radius 3 is 2.66 bits per heavy atom. The van der Waals surface area contributed by atoms with Crippen LogP contribution in [0.3, 0.4) is 0 Å². The highest BCUT2D eigenvalue weighted by Gasteiger charge is 2.34. The van der Waals surface area contributed by atoms with Crippen LogP contribution in [0.4, 0.5) is 22.4 Å². The van der Waals surface area contributed by atoms with E-state index < -0.39 is 29.2 Å². The number of carbonyl (C=O) groups is 1. The smallest absolute Gasteiger partial charge is 0.303 e. The third kappa shape index (κ3) is 4.82. The summed E-state index contributed by atoms with van der Waals surface area (Å²) in [6.07, 6.45) is -2.31. The van der Waals surface area contributed by atoms with Crippen molar-refractivity contribution in [1.29, 1.82) is 0 Å². The van der Waals surface area contributed by atoms with Crippen LogP contribution < -0.4 is 5.32 Å². The normalized spacial score (nSPS) is 20.1. The average Bonchev–Trinajstić information content (AvgIpc) is 3.22. The Morgan fingerprint density at radius 1 is 1.28 bits per heavy atom. The molecular formula is C21H19ClF4N4OS. The molecule has 0 radical (unpaired) electrons. The minimum absolute atomic E-state index is 0.0179. The monoisotopic (exact) mass is 486 g/mol. The Morgan fingerprint density at radius 2 is 2.06 bits per heavy atom. The minimum atomic E-state index is -4.40. The summed E-state index contributed by atoms with van der Waals surface area (Å²) < 4.78 is 51.9. The summed E-state index contributed by atoms with van der Waals surface area (Å²) in [5.41, 5.74) is 1.88. The summed E-state index contributed by atoms with van der Waals surface area (Å²) >= 11 is 6.49. The number of rotatable bonds is 4. The van der Waals surface area contributed by atoms with Crippen molar-refractivity contribution in [2.45, 2.75) is 32.4 Å². The molecule has 0 spiro atoms. The van der Waals surface area contributed by atoms with Crippen LogP contribution in [0.5, 0.6) is 0 Å². The van der Waals surface area contributed by atoms with Crippen LogP contribution in [-0.4, -0.2) is 41.0 Å². The van der Waals surface area contributed by atoms with Gasteiger partial charge in [-0.15, -0.1) is 11.3 Å². The maximum atomic E-state index is 13.4. The molecule has 0 aliphatic carbocycles. The Balaban J connectivity index is 1.43. The lowest BCUT2D eigenvalue weighted by Crippen LogP contribution is -2.57. The number of nitrogens with one attached hydrogen (secondary N) is 1. The summed E-state index contributed by atoms with van der Waals surface area (Å²) in [6.45, 7) is 2.81. The maximum Gasteiger partial charge on any atom is 0.425 e. The fourth-order valence-corrected chi connectivity index (χ4v) is 4.65. The summed E-state index contributed by atoms with van der Waals surface area (Å²) in [5, 5.41) is 2.87. The van der Waals surface area contributed by atoms with Crippen LogP contribution in [0.2, 0.25) is 5.02 Å². The molecule has 3 heterocycles. The van der Waals surface area contributed by atoms with Gasteiger partial charge in [0.25, 0.3) is 0 Å². The average molecular weight is 487 g/mol. The number of thiophene rings is 1. The van der Waals surface area contributed by atoms with Crippen LogP contribution >= 0.6 is 22.9 Å². The van der Waals surface area contributed by atoms with Crippen LogP contribution in [0.15, 0.2) is 41.4 Å². The van der Waals surface area contributed by atoms with Gasteiger partial charge in [-0.25, -0.2) is 14.2 Å². The van der Waals surface area contributed by atoms with E-state index in [1.54, 1.807) is 19.1 Å². The van der Waals surface area contributed by atoms with Crippen LogP contribution in [0.1, 0.15) is 28.7 Å². The van der Waals surface area contributed by atoms with Crippen LogP contribution in [0, 0.1) is 5.82 Å². The molecule has 1 atom stereocenters. The maximum absolute atomic E-state index is 13.4. The van der Waals surface area contributed by atoms with E-state index in [9.17, 15) is 22.4 Å². The van der Waals surface area contributed by atoms with Crippen molar-refractivity contribution in [2.24, 2.45) is 4.99 Å². The standard InChI is InChI=1S/C21H19ClF4N4OS/c1-12-27-19(28-20(31)30(12)11-15-3-5-18(32-15)21(24,25)26)29-8-6-13(7-9-29)14-2-4-17(23)16(22)10-14/h2-6,10,19H,7-9,11H2,1H3,(H,28,31). The number of hydrogen-bond donors (Lipinski definition) is 1. The SMILES string of the molecule is CC1=NC(N2CC=C(c3ccc(F)c(Cl)c3)CC2)NC(=O)N1Cc1ccc(C(F)(F)F)s1. The Bertz CT molecular complexity index is 1100. The molecule has 1 N–H and O–H groups in total. The fourth-order valence-electron chi connectivity index (χ4n) is 3.61. The van der Waals surface area contributed by atoms with E-state index in [1.165, 1.54) is 17.0 Å². The zero-order valence-electron chi connectivity index (χ0n) is 16.9. The molecule has 4 rings (SSSR count). The second-order valence-electron chi connectivity index (χ2n) is 7.45. The number of amidine groups is 1. The molecule has 11 heteroatoms. The second kappa shape index (κ2) is 8.84. The highest BCUT2D eigenvalue weighted by molar-refractivity contribution is 7.12. The molecule has 170 valence electrons. The lowest BCUT2D eigenvalue weighted by Gasteiger charge is -2.37. The molecule has 5 nitrogen and oxygen atoms in total. The number of alkyl halides is 3. The number of aliphatic imine (C=N–C) groups is 1. The first-order chi connectivity index (χ1) is 15.1. The van der Waals surface area contributed by atoms with Gasteiger partial charge in [0, 0.05) is 18.0 Å². The number of halogens is 5. The predicted octanol–water partition coefficient (Wildman–Crippen LogP) is 5.58. The highest BCUT2D eigenvalue weighted by Crippen LogP contribution is 2.35. The van der Waals surface area contributed by atoms with E-state index in [1.807, 2.05) is 11.0 Å². The van der Waals surface area contributed by atoms with Crippen LogP contribution in [-0.2, 0) is 12.7 Å². The molecule has 2 aliphatic rings. The third-order valence-electron chi connectivity index (χ3n) is 5.33. The zero-order chi connectivity index (χ0) is 23.0. The number of carbonyl (C=O) groups excluding carboxylic acids is 1. The largest absolute Gasteiger partial charge is 0.425 e. The molecule has 32 heavy (non-hydrogen) atoms. The van der Waals surface area contributed by atoms with Gasteiger partial charge in [-0.3, -0.25) is 9.80 Å². The number of nitrogens with zero attached hydrogens (tertiary/aromatic N) is 3. The summed E-state index contributed by atoms with van der Waals surface area (Å²) in [5.74, 6) is -0.0364. The molecule has 2 aromatic rings. The van der Waals surface area contributed by atoms with Gasteiger partial charge >= 0.3 is 12.2 Å². The van der Waals surface area contributed by atoms with Gasteiger partial charge in [-0.2, -0.15) is 13.2 Å². The summed E-state index contributed by atoms with van der Waals surface area (Å²) in [6, 6.07) is 6.58. The first-order valence-electron chi connectivity index (χ1n) is 9.78. The molecular weight excluding hydrogens is 468 g/mol. The van der Waals surface area contributed by atoms with E-state index >= 15 is 0 Å². The molecule has 0 saturated carbocycles. The van der Waals surface area contributed by atoms with Gasteiger partial charge in [0.05, 0.1) is 11.6 Å². The zero-order valence-corrected chi connectivity index (χ0v) is 18.5. The van der Waals surface area contributed by atoms with Gasteiger partial charge in [-0.1, -0.05) is 23.7 Å². The Labute approximate surface area is 191 Å². The Hall–Kier alpha value is -2.43. The first-order valence-corrected chi connectivity index (χ1v) is 11.0. The highest BCUT2D eigenvalue weighted by atomic mass is 35.5. The van der Waals surface area contributed by atoms with Gasteiger partial charge in [0.1, 0.15) is 16.5 Å². The third-order valence-corrected chi connectivity index (χ3v) is 6.73. The van der Waals surface area contributed by atoms with E-state index in [-0.39, 0.29) is 11.6 Å². The van der Waals surface area contributed by atoms with Gasteiger partial charge in [0.2, 0.25) is 0 Å². The fraction of sp³-hybridized carbons (Fsp3) is 0.333. The van der Waals surface area contributed by atoms with Gasteiger partial charge in [-0.05, 0) is 48.7 Å². The molecule has 0 fully saturated rings. The number of urea groups is 1. The molecule has 0 bridgehead atoms. The van der Waals surface area contributed by atoms with Crippen molar-refractivity contribution in [3.8, 4) is 0 Å². The molecule has 1 aromatic carbocycles. The van der Waals surface area contributed by atoms with Crippen LogP contribution in [0.25, 0.3) is 5.57 Å². The minimum Gasteiger partial charge on any atom is -0.303 e. The van der Waals surface area contributed by atoms with Gasteiger partial charge < -0.3 is 5.32 Å². The molecule has 0 saturated heterocycles. The molecule has 2 amide bonds. The van der Waals surface area contributed by atoms with E-state index in [0.717, 1.165) is 17.2 Å². The van der Waals surface area contributed by atoms with E-state index in [0.29, 0.717) is 41.6 Å². The summed E-state index contributed by atoms with van der Waals surface area (Å²) in [4.78, 5) is 20.2. The second-order valence-corrected chi connectivity index (χ2v) is 9.03. The summed E-state index contributed by atoms with van der Waals surface area (Å²) in [7, 11) is 0. The van der Waals surface area contributed by atoms with Gasteiger partial charge in [0.15, 0.2) is 6.29 Å². The van der Waals surface area contributed by atoms with Crippen molar-refractivity contribution in [2.75, 3.05) is 13.1 Å². The molecule has 1 unspecified atom stereocenters. The number of hydrogen-bond acceptors (Lipinski definition) is 4.